The number of hydrogen-bond donors (Lipinski definition) is 3. The fourth-order valence-corrected chi connectivity index (χ4v) is 3.20. The van der Waals surface area contributed by atoms with Crippen molar-refractivity contribution in [2.45, 2.75) is 4.90 Å². The smallest absolute Gasteiger partial charge is 0.188 e. The van der Waals surface area contributed by atoms with Crippen molar-refractivity contribution >= 4 is 27.8 Å². The maximum absolute atomic E-state index is 8.34. The lowest BCUT2D eigenvalue weighted by molar-refractivity contribution is 0.767. The molecule has 124 valence electrons. The molecule has 4 aromatic rings. The minimum Gasteiger partial charge on any atom is -0.283 e. The van der Waals surface area contributed by atoms with Crippen LogP contribution in [0.5, 0.6) is 0 Å². The van der Waals surface area contributed by atoms with Crippen LogP contribution in [0.1, 0.15) is 0 Å². The zero-order valence-corrected chi connectivity index (χ0v) is 14.1. The van der Waals surface area contributed by atoms with Crippen molar-refractivity contribution in [2.24, 2.45) is 7.05 Å². The minimum atomic E-state index is 0.148. The minimum absolute atomic E-state index is 0.148. The Bertz CT molecular complexity index is 1140. The number of hydrogen-bond acceptors (Lipinski definition) is 6. The number of benzene rings is 1. The van der Waals surface area contributed by atoms with Crippen molar-refractivity contribution in [3.8, 4) is 11.3 Å². The molecule has 0 aliphatic heterocycles. The van der Waals surface area contributed by atoms with Gasteiger partial charge in [0.25, 0.3) is 0 Å². The van der Waals surface area contributed by atoms with E-state index in [1.807, 2.05) is 31.4 Å². The molecular weight excluding hydrogens is 336 g/mol. The van der Waals surface area contributed by atoms with Crippen LogP contribution in [-0.2, 0) is 7.05 Å². The van der Waals surface area contributed by atoms with E-state index >= 15 is 0 Å². The number of fused-ring (bicyclic) bond motifs is 1. The molecule has 3 N–H and O–H groups in total. The number of aryl methyl sites for hydroxylation is 1. The molecule has 0 spiro atoms. The van der Waals surface area contributed by atoms with E-state index in [9.17, 15) is 0 Å². The van der Waals surface area contributed by atoms with Crippen LogP contribution in [0.4, 0.5) is 0 Å². The molecule has 1 aromatic carbocycles. The van der Waals surface area contributed by atoms with Gasteiger partial charge < -0.3 is 0 Å². The first-order valence-corrected chi connectivity index (χ1v) is 8.26. The largest absolute Gasteiger partial charge is 0.283 e. The van der Waals surface area contributed by atoms with Gasteiger partial charge in [-0.05, 0) is 30.3 Å². The standard InChI is InChI=1S/C16H14N8S/c1-23-9-11(8-20-23)14-4-5-15(17)24(22-14)16(18)25-12-2-3-13-10(6-12)7-19-21-13/h2-9,17-18H,1H3,(H,19,21). The monoisotopic (exact) mass is 350 g/mol. The summed E-state index contributed by atoms with van der Waals surface area (Å²) in [6.07, 6.45) is 5.30. The molecule has 0 amide bonds. The average molecular weight is 350 g/mol. The lowest BCUT2D eigenvalue weighted by Gasteiger charge is -2.08. The van der Waals surface area contributed by atoms with Gasteiger partial charge in [0, 0.05) is 29.1 Å². The Morgan fingerprint density at radius 1 is 1.20 bits per heavy atom. The number of nitrogens with one attached hydrogen (secondary N) is 3. The molecule has 0 radical (unpaired) electrons. The van der Waals surface area contributed by atoms with Crippen LogP contribution in [0.3, 0.4) is 0 Å². The van der Waals surface area contributed by atoms with Gasteiger partial charge in [0.15, 0.2) is 5.17 Å². The maximum Gasteiger partial charge on any atom is 0.188 e. The second kappa shape index (κ2) is 6.02. The lowest BCUT2D eigenvalue weighted by Crippen LogP contribution is -2.27. The molecule has 0 unspecified atom stereocenters. The topological polar surface area (TPSA) is 112 Å². The molecule has 3 aromatic heterocycles. The molecule has 0 saturated heterocycles. The molecule has 8 nitrogen and oxygen atoms in total. The van der Waals surface area contributed by atoms with Crippen molar-refractivity contribution in [1.82, 2.24) is 29.8 Å². The highest BCUT2D eigenvalue weighted by Crippen LogP contribution is 2.23. The Morgan fingerprint density at radius 2 is 2.08 bits per heavy atom. The predicted molar refractivity (Wildman–Crippen MR) is 95.4 cm³/mol. The highest BCUT2D eigenvalue weighted by atomic mass is 32.2. The van der Waals surface area contributed by atoms with Gasteiger partial charge in [-0.3, -0.25) is 20.6 Å². The van der Waals surface area contributed by atoms with Crippen LogP contribution in [0.15, 0.2) is 53.8 Å². The van der Waals surface area contributed by atoms with Gasteiger partial charge in [0.05, 0.1) is 23.6 Å². The number of aromatic amines is 1. The van der Waals surface area contributed by atoms with Gasteiger partial charge in [-0.2, -0.15) is 20.0 Å². The zero-order chi connectivity index (χ0) is 17.4. The summed E-state index contributed by atoms with van der Waals surface area (Å²) in [6.45, 7) is 0. The SMILES string of the molecule is Cn1cc(-c2ccc(=N)n(C(=N)Sc3ccc4[nH]ncc4c3)n2)cn1. The fourth-order valence-electron chi connectivity index (χ4n) is 2.42. The first-order chi connectivity index (χ1) is 12.1. The summed E-state index contributed by atoms with van der Waals surface area (Å²) in [4.78, 5) is 0.888. The second-order valence-corrected chi connectivity index (χ2v) is 6.51. The van der Waals surface area contributed by atoms with E-state index in [1.54, 1.807) is 29.2 Å². The third-order valence-electron chi connectivity index (χ3n) is 3.65. The Labute approximate surface area is 146 Å². The van der Waals surface area contributed by atoms with Gasteiger partial charge in [-0.1, -0.05) is 11.8 Å². The van der Waals surface area contributed by atoms with Crippen LogP contribution < -0.4 is 5.49 Å². The van der Waals surface area contributed by atoms with Crippen LogP contribution in [0, 0.1) is 10.8 Å². The Morgan fingerprint density at radius 3 is 2.88 bits per heavy atom. The van der Waals surface area contributed by atoms with Gasteiger partial charge in [-0.25, -0.2) is 0 Å². The third kappa shape index (κ3) is 2.96. The van der Waals surface area contributed by atoms with Crippen LogP contribution in [0.25, 0.3) is 22.2 Å². The summed E-state index contributed by atoms with van der Waals surface area (Å²) in [7, 11) is 1.83. The highest BCUT2D eigenvalue weighted by molar-refractivity contribution is 8.13. The van der Waals surface area contributed by atoms with E-state index in [2.05, 4.69) is 20.4 Å². The van der Waals surface area contributed by atoms with E-state index in [0.717, 1.165) is 21.4 Å². The molecule has 9 heteroatoms. The Kier molecular flexibility index (Phi) is 3.69. The van der Waals surface area contributed by atoms with Crippen LogP contribution in [-0.4, -0.2) is 34.9 Å². The fraction of sp³-hybridized carbons (Fsp3) is 0.0625. The highest BCUT2D eigenvalue weighted by Gasteiger charge is 2.10. The molecule has 0 fully saturated rings. The molecule has 0 atom stereocenters. The van der Waals surface area contributed by atoms with Crippen molar-refractivity contribution in [1.29, 1.82) is 10.8 Å². The lowest BCUT2D eigenvalue weighted by atomic mass is 10.2. The summed E-state index contributed by atoms with van der Waals surface area (Å²) in [5.41, 5.74) is 2.60. The maximum atomic E-state index is 8.34. The van der Waals surface area contributed by atoms with E-state index in [4.69, 9.17) is 10.8 Å². The molecule has 0 bridgehead atoms. The quantitative estimate of drug-likeness (QED) is 0.292. The molecule has 0 saturated carbocycles. The molecule has 3 heterocycles. The first-order valence-electron chi connectivity index (χ1n) is 7.44. The third-order valence-corrected chi connectivity index (χ3v) is 4.51. The van der Waals surface area contributed by atoms with Crippen molar-refractivity contribution in [2.75, 3.05) is 0 Å². The second-order valence-electron chi connectivity index (χ2n) is 5.44. The van der Waals surface area contributed by atoms with E-state index in [1.165, 1.54) is 16.4 Å². The van der Waals surface area contributed by atoms with Crippen molar-refractivity contribution in [3.63, 3.8) is 0 Å². The van der Waals surface area contributed by atoms with E-state index in [0.29, 0.717) is 5.69 Å². The number of thioether (sulfide) groups is 1. The molecule has 4 rings (SSSR count). The van der Waals surface area contributed by atoms with Gasteiger partial charge >= 0.3 is 0 Å². The molecule has 0 aliphatic rings. The molecule has 0 aliphatic carbocycles. The van der Waals surface area contributed by atoms with Gasteiger partial charge in [-0.15, -0.1) is 0 Å². The normalized spacial score (nSPS) is 11.1. The summed E-state index contributed by atoms with van der Waals surface area (Å²) >= 11 is 1.24. The number of aromatic nitrogens is 6. The summed E-state index contributed by atoms with van der Waals surface area (Å²) < 4.78 is 3.00. The first kappa shape index (κ1) is 15.3. The summed E-state index contributed by atoms with van der Waals surface area (Å²) in [6, 6.07) is 9.17. The summed E-state index contributed by atoms with van der Waals surface area (Å²) in [5.74, 6) is 0. The number of nitrogens with zero attached hydrogens (tertiary/aromatic N) is 5. The molecule has 25 heavy (non-hydrogen) atoms. The predicted octanol–water partition coefficient (Wildman–Crippen LogP) is 2.21. The van der Waals surface area contributed by atoms with Gasteiger partial charge in [0.2, 0.25) is 0 Å². The van der Waals surface area contributed by atoms with E-state index < -0.39 is 0 Å². The van der Waals surface area contributed by atoms with Crippen molar-refractivity contribution < 1.29 is 0 Å². The van der Waals surface area contributed by atoms with E-state index in [-0.39, 0.29) is 10.7 Å². The Balaban J connectivity index is 1.65. The van der Waals surface area contributed by atoms with Gasteiger partial charge in [0.1, 0.15) is 5.49 Å². The number of H-pyrrole nitrogens is 1. The van der Waals surface area contributed by atoms with Crippen LogP contribution in [0.2, 0.25) is 0 Å². The summed E-state index contributed by atoms with van der Waals surface area (Å²) in [5, 5.41) is 33.0. The Hall–Kier alpha value is -3.20. The average Bonchev–Trinajstić information content (AvgIpc) is 3.23. The molecular formula is C16H14N8S. The van der Waals surface area contributed by atoms with Crippen LogP contribution >= 0.6 is 11.8 Å². The number of rotatable bonds is 2. The zero-order valence-electron chi connectivity index (χ0n) is 13.3. The van der Waals surface area contributed by atoms with Crippen molar-refractivity contribution in [3.05, 3.63) is 54.4 Å².